The van der Waals surface area contributed by atoms with Crippen molar-refractivity contribution >= 4 is 11.8 Å². The number of nitrogens with one attached hydrogen (secondary N) is 2. The van der Waals surface area contributed by atoms with Crippen LogP contribution < -0.4 is 15.4 Å². The monoisotopic (exact) mass is 289 g/mol. The van der Waals surface area contributed by atoms with Crippen molar-refractivity contribution in [3.05, 3.63) is 29.8 Å². The second-order valence-corrected chi connectivity index (χ2v) is 4.46. The van der Waals surface area contributed by atoms with Crippen LogP contribution in [0.1, 0.15) is 25.8 Å². The molecule has 0 bridgehead atoms. The van der Waals surface area contributed by atoms with Crippen molar-refractivity contribution in [3.63, 3.8) is 0 Å². The summed E-state index contributed by atoms with van der Waals surface area (Å²) < 4.78 is 5.44. The summed E-state index contributed by atoms with van der Waals surface area (Å²) in [5.74, 6) is -0.103. The highest BCUT2D eigenvalue weighted by molar-refractivity contribution is 5.86. The van der Waals surface area contributed by atoms with E-state index in [0.29, 0.717) is 17.9 Å². The Morgan fingerprint density at radius 2 is 1.95 bits per heavy atom. The van der Waals surface area contributed by atoms with Gasteiger partial charge in [-0.15, -0.1) is 0 Å². The van der Waals surface area contributed by atoms with Crippen molar-refractivity contribution in [2.75, 3.05) is 13.1 Å². The number of hydrogen-bond acceptors (Lipinski definition) is 4. The predicted octanol–water partition coefficient (Wildman–Crippen LogP) is 0.968. The molecule has 0 aliphatic heterocycles. The molecule has 0 aliphatic carbocycles. The van der Waals surface area contributed by atoms with E-state index in [2.05, 4.69) is 10.6 Å². The Bertz CT molecular complexity index is 520. The number of carbonyl (C=O) groups excluding carboxylic acids is 2. The van der Waals surface area contributed by atoms with Crippen LogP contribution in [0.5, 0.6) is 5.75 Å². The molecule has 112 valence electrons. The molecule has 21 heavy (non-hydrogen) atoms. The summed E-state index contributed by atoms with van der Waals surface area (Å²) in [6, 6.07) is 8.46. The normalized spacial score (nSPS) is 11.1. The van der Waals surface area contributed by atoms with Crippen molar-refractivity contribution in [2.24, 2.45) is 0 Å². The lowest BCUT2D eigenvalue weighted by molar-refractivity contribution is -0.130. The lowest BCUT2D eigenvalue weighted by Crippen LogP contribution is -2.42. The van der Waals surface area contributed by atoms with Gasteiger partial charge in [-0.25, -0.2) is 0 Å². The third kappa shape index (κ3) is 5.95. The Balaban J connectivity index is 2.40. The lowest BCUT2D eigenvalue weighted by Gasteiger charge is -2.14. The van der Waals surface area contributed by atoms with Gasteiger partial charge in [-0.3, -0.25) is 9.59 Å². The molecule has 1 aromatic carbocycles. The second-order valence-electron chi connectivity index (χ2n) is 4.46. The lowest BCUT2D eigenvalue weighted by atomic mass is 10.2. The maximum Gasteiger partial charge on any atom is 0.261 e. The number of benzene rings is 1. The summed E-state index contributed by atoms with van der Waals surface area (Å²) in [7, 11) is 0. The molecule has 0 aliphatic rings. The highest BCUT2D eigenvalue weighted by atomic mass is 16.5. The van der Waals surface area contributed by atoms with E-state index in [1.54, 1.807) is 31.2 Å². The van der Waals surface area contributed by atoms with Crippen molar-refractivity contribution in [3.8, 4) is 11.8 Å². The Morgan fingerprint density at radius 3 is 2.52 bits per heavy atom. The van der Waals surface area contributed by atoms with Crippen molar-refractivity contribution < 1.29 is 14.3 Å². The van der Waals surface area contributed by atoms with E-state index in [-0.39, 0.29) is 18.4 Å². The molecule has 0 radical (unpaired) electrons. The van der Waals surface area contributed by atoms with E-state index in [1.807, 2.05) is 13.0 Å². The summed E-state index contributed by atoms with van der Waals surface area (Å²) >= 11 is 0. The fraction of sp³-hybridized carbons (Fsp3) is 0.400. The molecule has 1 aromatic rings. The van der Waals surface area contributed by atoms with Gasteiger partial charge in [-0.2, -0.15) is 5.26 Å². The maximum absolute atomic E-state index is 11.8. The van der Waals surface area contributed by atoms with Gasteiger partial charge in [-0.05, 0) is 37.6 Å². The highest BCUT2D eigenvalue weighted by Gasteiger charge is 2.15. The number of carbonyl (C=O) groups is 2. The summed E-state index contributed by atoms with van der Waals surface area (Å²) in [5, 5.41) is 13.9. The Kier molecular flexibility index (Phi) is 6.75. The number of rotatable bonds is 7. The minimum atomic E-state index is -0.725. The standard InChI is InChI=1S/C15H19N3O3/c1-3-8-17-14(19)10-18-15(20)11(2)21-13-6-4-12(9-16)5-7-13/h4-7,11H,3,8,10H2,1-2H3,(H,17,19)(H,18,20). The van der Waals surface area contributed by atoms with Gasteiger partial charge >= 0.3 is 0 Å². The van der Waals surface area contributed by atoms with Gasteiger partial charge in [0.05, 0.1) is 18.2 Å². The minimum Gasteiger partial charge on any atom is -0.481 e. The second kappa shape index (κ2) is 8.59. The molecular weight excluding hydrogens is 270 g/mol. The van der Waals surface area contributed by atoms with Crippen LogP contribution in [-0.2, 0) is 9.59 Å². The van der Waals surface area contributed by atoms with Crippen molar-refractivity contribution in [2.45, 2.75) is 26.4 Å². The van der Waals surface area contributed by atoms with E-state index in [1.165, 1.54) is 0 Å². The zero-order valence-electron chi connectivity index (χ0n) is 12.2. The van der Waals surface area contributed by atoms with Gasteiger partial charge in [0.1, 0.15) is 5.75 Å². The Hall–Kier alpha value is -2.55. The summed E-state index contributed by atoms with van der Waals surface area (Å²) in [6.07, 6.45) is 0.120. The molecule has 1 rings (SSSR count). The van der Waals surface area contributed by atoms with E-state index in [9.17, 15) is 9.59 Å². The highest BCUT2D eigenvalue weighted by Crippen LogP contribution is 2.13. The smallest absolute Gasteiger partial charge is 0.261 e. The van der Waals surface area contributed by atoms with Crippen molar-refractivity contribution in [1.29, 1.82) is 5.26 Å². The molecule has 0 heterocycles. The molecule has 1 unspecified atom stereocenters. The van der Waals surface area contributed by atoms with Gasteiger partial charge in [-0.1, -0.05) is 6.92 Å². The maximum atomic E-state index is 11.8. The van der Waals surface area contributed by atoms with E-state index >= 15 is 0 Å². The van der Waals surface area contributed by atoms with Gasteiger partial charge in [0.15, 0.2) is 6.10 Å². The number of nitrogens with zero attached hydrogens (tertiary/aromatic N) is 1. The summed E-state index contributed by atoms with van der Waals surface area (Å²) in [4.78, 5) is 23.1. The molecule has 0 fully saturated rings. The molecule has 0 saturated carbocycles. The minimum absolute atomic E-state index is 0.0695. The van der Waals surface area contributed by atoms with Crippen LogP contribution in [0.4, 0.5) is 0 Å². The Labute approximate surface area is 124 Å². The van der Waals surface area contributed by atoms with Gasteiger partial charge in [0.25, 0.3) is 5.91 Å². The molecule has 0 spiro atoms. The largest absolute Gasteiger partial charge is 0.481 e. The first kappa shape index (κ1) is 16.5. The molecule has 2 amide bonds. The average Bonchev–Trinajstić information content (AvgIpc) is 2.51. The topological polar surface area (TPSA) is 91.2 Å². The molecule has 2 N–H and O–H groups in total. The van der Waals surface area contributed by atoms with Crippen LogP contribution in [0.3, 0.4) is 0 Å². The fourth-order valence-corrected chi connectivity index (χ4v) is 1.50. The fourth-order valence-electron chi connectivity index (χ4n) is 1.50. The van der Waals surface area contributed by atoms with Gasteiger partial charge < -0.3 is 15.4 Å². The Morgan fingerprint density at radius 1 is 1.29 bits per heavy atom. The molecule has 6 nitrogen and oxygen atoms in total. The number of amides is 2. The van der Waals surface area contributed by atoms with E-state index in [0.717, 1.165) is 6.42 Å². The molecule has 0 aromatic heterocycles. The number of ether oxygens (including phenoxy) is 1. The average molecular weight is 289 g/mol. The van der Waals surface area contributed by atoms with Crippen LogP contribution in [0.2, 0.25) is 0 Å². The quantitative estimate of drug-likeness (QED) is 0.782. The first-order chi connectivity index (χ1) is 10.1. The number of nitriles is 1. The molecule has 0 saturated heterocycles. The third-order valence-electron chi connectivity index (χ3n) is 2.66. The zero-order chi connectivity index (χ0) is 15.7. The van der Waals surface area contributed by atoms with E-state index < -0.39 is 6.10 Å². The summed E-state index contributed by atoms with van der Waals surface area (Å²) in [5.41, 5.74) is 0.520. The van der Waals surface area contributed by atoms with Gasteiger partial charge in [0.2, 0.25) is 5.91 Å². The number of hydrogen-bond donors (Lipinski definition) is 2. The van der Waals surface area contributed by atoms with Crippen LogP contribution >= 0.6 is 0 Å². The van der Waals surface area contributed by atoms with Crippen LogP contribution in [0, 0.1) is 11.3 Å². The van der Waals surface area contributed by atoms with Crippen LogP contribution in [-0.4, -0.2) is 31.0 Å². The van der Waals surface area contributed by atoms with Crippen molar-refractivity contribution in [1.82, 2.24) is 10.6 Å². The zero-order valence-corrected chi connectivity index (χ0v) is 12.2. The van der Waals surface area contributed by atoms with Gasteiger partial charge in [0, 0.05) is 6.54 Å². The van der Waals surface area contributed by atoms with Crippen LogP contribution in [0.25, 0.3) is 0 Å². The van der Waals surface area contributed by atoms with E-state index in [4.69, 9.17) is 10.00 Å². The predicted molar refractivity (Wildman–Crippen MR) is 77.6 cm³/mol. The SMILES string of the molecule is CCCNC(=O)CNC(=O)C(C)Oc1ccc(C#N)cc1. The third-order valence-corrected chi connectivity index (χ3v) is 2.66. The first-order valence-corrected chi connectivity index (χ1v) is 6.78. The molecular formula is C15H19N3O3. The van der Waals surface area contributed by atoms with Crippen LogP contribution in [0.15, 0.2) is 24.3 Å². The summed E-state index contributed by atoms with van der Waals surface area (Å²) in [6.45, 7) is 4.07. The molecule has 6 heteroatoms. The first-order valence-electron chi connectivity index (χ1n) is 6.78. The molecule has 1 atom stereocenters.